The average molecular weight is 370 g/mol. The molecule has 0 spiro atoms. The van der Waals surface area contributed by atoms with Gasteiger partial charge in [-0.25, -0.2) is 0 Å². The molecular weight excluding hydrogens is 360 g/mol. The van der Waals surface area contributed by atoms with Crippen molar-refractivity contribution in [1.29, 1.82) is 0 Å². The number of carbonyl (C=O) groups is 1. The van der Waals surface area contributed by atoms with E-state index in [1.165, 1.54) is 0 Å². The van der Waals surface area contributed by atoms with E-state index >= 15 is 0 Å². The van der Waals surface area contributed by atoms with E-state index in [0.29, 0.717) is 16.9 Å². The van der Waals surface area contributed by atoms with Gasteiger partial charge in [-0.15, -0.1) is 0 Å². The minimum Gasteiger partial charge on any atom is -0.397 e. The number of nitrogens with one attached hydrogen (secondary N) is 1. The molecular formula is C13H10Br2N2O. The summed E-state index contributed by atoms with van der Waals surface area (Å²) < 4.78 is 1.67. The van der Waals surface area contributed by atoms with Crippen molar-refractivity contribution in [2.75, 3.05) is 11.1 Å². The lowest BCUT2D eigenvalue weighted by atomic mass is 10.2. The van der Waals surface area contributed by atoms with Gasteiger partial charge in [-0.3, -0.25) is 4.79 Å². The lowest BCUT2D eigenvalue weighted by Crippen LogP contribution is -2.13. The number of hydrogen-bond acceptors (Lipinski definition) is 2. The van der Waals surface area contributed by atoms with Gasteiger partial charge in [0, 0.05) is 14.5 Å². The molecule has 0 aliphatic heterocycles. The van der Waals surface area contributed by atoms with Crippen LogP contribution < -0.4 is 11.1 Å². The molecule has 5 heteroatoms. The number of halogens is 2. The average Bonchev–Trinajstić information content (AvgIpc) is 2.31. The number of para-hydroxylation sites is 2. The molecule has 0 radical (unpaired) electrons. The first-order valence-corrected chi connectivity index (χ1v) is 6.77. The molecule has 0 saturated heterocycles. The topological polar surface area (TPSA) is 55.1 Å². The Labute approximate surface area is 122 Å². The molecule has 92 valence electrons. The Morgan fingerprint density at radius 3 is 2.28 bits per heavy atom. The number of amides is 1. The van der Waals surface area contributed by atoms with Crippen molar-refractivity contribution >= 4 is 49.1 Å². The number of rotatable bonds is 2. The van der Waals surface area contributed by atoms with Crippen LogP contribution in [0, 0.1) is 0 Å². The summed E-state index contributed by atoms with van der Waals surface area (Å²) in [5.41, 5.74) is 7.48. The maximum Gasteiger partial charge on any atom is 0.255 e. The van der Waals surface area contributed by atoms with Crippen LogP contribution >= 0.6 is 31.9 Å². The van der Waals surface area contributed by atoms with Gasteiger partial charge in [0.05, 0.1) is 11.4 Å². The highest BCUT2D eigenvalue weighted by atomic mass is 79.9. The van der Waals surface area contributed by atoms with Crippen molar-refractivity contribution in [2.24, 2.45) is 0 Å². The number of hydrogen-bond donors (Lipinski definition) is 2. The van der Waals surface area contributed by atoms with E-state index in [1.807, 2.05) is 18.2 Å². The van der Waals surface area contributed by atoms with Gasteiger partial charge in [-0.05, 0) is 30.3 Å². The van der Waals surface area contributed by atoms with Gasteiger partial charge in [-0.2, -0.15) is 0 Å². The van der Waals surface area contributed by atoms with E-state index in [2.05, 4.69) is 37.2 Å². The third-order valence-corrected chi connectivity index (χ3v) is 3.25. The van der Waals surface area contributed by atoms with Crippen molar-refractivity contribution < 1.29 is 4.79 Å². The molecule has 18 heavy (non-hydrogen) atoms. The zero-order valence-corrected chi connectivity index (χ0v) is 12.5. The predicted molar refractivity (Wildman–Crippen MR) is 80.6 cm³/mol. The van der Waals surface area contributed by atoms with Crippen molar-refractivity contribution in [2.45, 2.75) is 0 Å². The van der Waals surface area contributed by atoms with Crippen LogP contribution in [-0.4, -0.2) is 5.91 Å². The highest BCUT2D eigenvalue weighted by Gasteiger charge is 2.09. The summed E-state index contributed by atoms with van der Waals surface area (Å²) >= 11 is 6.69. The van der Waals surface area contributed by atoms with E-state index in [4.69, 9.17) is 5.73 Å². The number of benzene rings is 2. The molecule has 0 bridgehead atoms. The molecule has 0 atom stereocenters. The van der Waals surface area contributed by atoms with E-state index < -0.39 is 0 Å². The molecule has 3 nitrogen and oxygen atoms in total. The first kappa shape index (κ1) is 13.1. The van der Waals surface area contributed by atoms with E-state index in [9.17, 15) is 4.79 Å². The molecule has 1 amide bonds. The Hall–Kier alpha value is -1.33. The van der Waals surface area contributed by atoms with Gasteiger partial charge in [0.2, 0.25) is 0 Å². The van der Waals surface area contributed by atoms with Crippen molar-refractivity contribution in [3.05, 3.63) is 57.0 Å². The van der Waals surface area contributed by atoms with Gasteiger partial charge in [0.25, 0.3) is 5.91 Å². The first-order valence-electron chi connectivity index (χ1n) is 5.18. The predicted octanol–water partition coefficient (Wildman–Crippen LogP) is 4.05. The number of nitrogens with two attached hydrogens (primary N) is 1. The molecule has 0 aliphatic rings. The van der Waals surface area contributed by atoms with Crippen LogP contribution in [0.5, 0.6) is 0 Å². The summed E-state index contributed by atoms with van der Waals surface area (Å²) in [4.78, 5) is 12.1. The fourth-order valence-electron chi connectivity index (χ4n) is 1.49. The number of nitrogen functional groups attached to an aromatic ring is 1. The second-order valence-electron chi connectivity index (χ2n) is 3.70. The molecule has 2 aromatic carbocycles. The van der Waals surface area contributed by atoms with Gasteiger partial charge >= 0.3 is 0 Å². The van der Waals surface area contributed by atoms with Crippen LogP contribution in [0.4, 0.5) is 11.4 Å². The molecule has 0 saturated carbocycles. The van der Waals surface area contributed by atoms with Crippen molar-refractivity contribution in [3.63, 3.8) is 0 Å². The lowest BCUT2D eigenvalue weighted by molar-refractivity contribution is 0.102. The highest BCUT2D eigenvalue weighted by molar-refractivity contribution is 9.11. The maximum atomic E-state index is 12.1. The SMILES string of the molecule is Nc1ccccc1NC(=O)c1cc(Br)cc(Br)c1. The zero-order valence-electron chi connectivity index (χ0n) is 9.28. The van der Waals surface area contributed by atoms with Crippen molar-refractivity contribution in [3.8, 4) is 0 Å². The van der Waals surface area contributed by atoms with E-state index in [-0.39, 0.29) is 5.91 Å². The second kappa shape index (κ2) is 5.54. The molecule has 0 unspecified atom stereocenters. The largest absolute Gasteiger partial charge is 0.397 e. The molecule has 3 N–H and O–H groups in total. The Balaban J connectivity index is 2.25. The Kier molecular flexibility index (Phi) is 4.04. The standard InChI is InChI=1S/C13H10Br2N2O/c14-9-5-8(6-10(15)7-9)13(18)17-12-4-2-1-3-11(12)16/h1-7H,16H2,(H,17,18). The van der Waals surface area contributed by atoms with Gasteiger partial charge < -0.3 is 11.1 Å². The monoisotopic (exact) mass is 368 g/mol. The zero-order chi connectivity index (χ0) is 13.1. The minimum absolute atomic E-state index is 0.199. The van der Waals surface area contributed by atoms with Gasteiger partial charge in [0.1, 0.15) is 0 Å². The second-order valence-corrected chi connectivity index (χ2v) is 5.53. The fourth-order valence-corrected chi connectivity index (χ4v) is 2.78. The molecule has 2 rings (SSSR count). The van der Waals surface area contributed by atoms with Crippen LogP contribution in [0.25, 0.3) is 0 Å². The quantitative estimate of drug-likeness (QED) is 0.784. The number of carbonyl (C=O) groups excluding carboxylic acids is 1. The minimum atomic E-state index is -0.199. The molecule has 0 fully saturated rings. The molecule has 0 aliphatic carbocycles. The normalized spacial score (nSPS) is 10.1. The Morgan fingerprint density at radius 1 is 1.06 bits per heavy atom. The molecule has 2 aromatic rings. The van der Waals surface area contributed by atoms with Crippen LogP contribution in [0.3, 0.4) is 0 Å². The summed E-state index contributed by atoms with van der Waals surface area (Å²) in [5.74, 6) is -0.199. The third kappa shape index (κ3) is 3.11. The molecule has 0 heterocycles. The van der Waals surface area contributed by atoms with Crippen LogP contribution in [0.15, 0.2) is 51.4 Å². The van der Waals surface area contributed by atoms with E-state index in [0.717, 1.165) is 8.95 Å². The summed E-state index contributed by atoms with van der Waals surface area (Å²) in [6.07, 6.45) is 0. The summed E-state index contributed by atoms with van der Waals surface area (Å²) in [5, 5.41) is 2.78. The lowest BCUT2D eigenvalue weighted by Gasteiger charge is -2.08. The van der Waals surface area contributed by atoms with Crippen molar-refractivity contribution in [1.82, 2.24) is 0 Å². The Morgan fingerprint density at radius 2 is 1.67 bits per heavy atom. The summed E-state index contributed by atoms with van der Waals surface area (Å²) in [7, 11) is 0. The summed E-state index contributed by atoms with van der Waals surface area (Å²) in [6.45, 7) is 0. The van der Waals surface area contributed by atoms with Gasteiger partial charge in [-0.1, -0.05) is 44.0 Å². The summed E-state index contributed by atoms with van der Waals surface area (Å²) in [6, 6.07) is 12.5. The van der Waals surface area contributed by atoms with E-state index in [1.54, 1.807) is 24.3 Å². The van der Waals surface area contributed by atoms with Crippen LogP contribution in [-0.2, 0) is 0 Å². The third-order valence-electron chi connectivity index (χ3n) is 2.33. The van der Waals surface area contributed by atoms with Crippen LogP contribution in [0.2, 0.25) is 0 Å². The highest BCUT2D eigenvalue weighted by Crippen LogP contribution is 2.22. The first-order chi connectivity index (χ1) is 8.56. The Bertz CT molecular complexity index is 579. The van der Waals surface area contributed by atoms with Gasteiger partial charge in [0.15, 0.2) is 0 Å². The smallest absolute Gasteiger partial charge is 0.255 e. The molecule has 0 aromatic heterocycles. The fraction of sp³-hybridized carbons (Fsp3) is 0. The van der Waals surface area contributed by atoms with Crippen LogP contribution in [0.1, 0.15) is 10.4 Å². The number of anilines is 2. The maximum absolute atomic E-state index is 12.1.